The Kier molecular flexibility index (Phi) is 4.91. The van der Waals surface area contributed by atoms with E-state index < -0.39 is 10.0 Å². The minimum Gasteiger partial charge on any atom is -0.339 e. The molecule has 0 atom stereocenters. The second kappa shape index (κ2) is 5.79. The van der Waals surface area contributed by atoms with Crippen LogP contribution in [0, 0.1) is 0 Å². The molecule has 7 heteroatoms. The Morgan fingerprint density at radius 1 is 1.18 bits per heavy atom. The van der Waals surface area contributed by atoms with Crippen LogP contribution in [0.25, 0.3) is 0 Å². The summed E-state index contributed by atoms with van der Waals surface area (Å²) < 4.78 is 24.7. The SMILES string of the molecule is CCS(=O)(=O)N1CCN(C(=O)CN(C)C)CC1. The number of nitrogens with zero attached hydrogens (tertiary/aromatic N) is 3. The smallest absolute Gasteiger partial charge is 0.236 e. The molecule has 6 nitrogen and oxygen atoms in total. The van der Waals surface area contributed by atoms with Crippen molar-refractivity contribution in [3.05, 3.63) is 0 Å². The standard InChI is InChI=1S/C10H21N3O3S/c1-4-17(15,16)13-7-5-12(6-8-13)10(14)9-11(2)3/h4-9H2,1-3H3. The highest BCUT2D eigenvalue weighted by Crippen LogP contribution is 2.08. The molecule has 1 rings (SSSR count). The maximum atomic E-state index is 11.8. The van der Waals surface area contributed by atoms with E-state index in [9.17, 15) is 13.2 Å². The molecule has 0 saturated carbocycles. The summed E-state index contributed by atoms with van der Waals surface area (Å²) in [7, 11) is 0.577. The van der Waals surface area contributed by atoms with Crippen LogP contribution in [0.3, 0.4) is 0 Å². The molecule has 1 aliphatic rings. The largest absolute Gasteiger partial charge is 0.339 e. The average Bonchev–Trinajstić information content (AvgIpc) is 2.28. The van der Waals surface area contributed by atoms with Gasteiger partial charge in [-0.1, -0.05) is 0 Å². The van der Waals surface area contributed by atoms with Crippen molar-refractivity contribution in [3.63, 3.8) is 0 Å². The highest BCUT2D eigenvalue weighted by atomic mass is 32.2. The van der Waals surface area contributed by atoms with Gasteiger partial charge in [-0.05, 0) is 21.0 Å². The highest BCUT2D eigenvalue weighted by Gasteiger charge is 2.27. The summed E-state index contributed by atoms with van der Waals surface area (Å²) in [6.07, 6.45) is 0. The average molecular weight is 263 g/mol. The van der Waals surface area contributed by atoms with Crippen LogP contribution in [0.5, 0.6) is 0 Å². The van der Waals surface area contributed by atoms with Crippen LogP contribution < -0.4 is 0 Å². The predicted molar refractivity (Wildman–Crippen MR) is 66.2 cm³/mol. The monoisotopic (exact) mass is 263 g/mol. The van der Waals surface area contributed by atoms with E-state index >= 15 is 0 Å². The van der Waals surface area contributed by atoms with Crippen LogP contribution in [0.2, 0.25) is 0 Å². The van der Waals surface area contributed by atoms with E-state index in [-0.39, 0.29) is 11.7 Å². The van der Waals surface area contributed by atoms with Gasteiger partial charge in [0.15, 0.2) is 0 Å². The number of carbonyl (C=O) groups excluding carboxylic acids is 1. The first kappa shape index (κ1) is 14.4. The van der Waals surface area contributed by atoms with E-state index in [1.807, 2.05) is 19.0 Å². The molecule has 0 bridgehead atoms. The van der Waals surface area contributed by atoms with E-state index in [4.69, 9.17) is 0 Å². The Labute approximate surface area is 103 Å². The first-order valence-electron chi connectivity index (χ1n) is 5.77. The number of hydrogen-bond donors (Lipinski definition) is 0. The Hall–Kier alpha value is -0.660. The van der Waals surface area contributed by atoms with Crippen molar-refractivity contribution in [3.8, 4) is 0 Å². The van der Waals surface area contributed by atoms with Crippen LogP contribution in [0.4, 0.5) is 0 Å². The molecule has 0 spiro atoms. The lowest BCUT2D eigenvalue weighted by Crippen LogP contribution is -2.52. The molecule has 0 N–H and O–H groups in total. The lowest BCUT2D eigenvalue weighted by Gasteiger charge is -2.34. The molecule has 0 aromatic heterocycles. The second-order valence-corrected chi connectivity index (χ2v) is 6.68. The molecule has 1 amide bonds. The van der Waals surface area contributed by atoms with Gasteiger partial charge in [0.05, 0.1) is 12.3 Å². The van der Waals surface area contributed by atoms with Gasteiger partial charge in [0.25, 0.3) is 0 Å². The Morgan fingerprint density at radius 3 is 2.12 bits per heavy atom. The van der Waals surface area contributed by atoms with Crippen molar-refractivity contribution in [2.45, 2.75) is 6.92 Å². The van der Waals surface area contributed by atoms with Crippen LogP contribution >= 0.6 is 0 Å². The Morgan fingerprint density at radius 2 is 1.71 bits per heavy atom. The van der Waals surface area contributed by atoms with Gasteiger partial charge in [0, 0.05) is 26.2 Å². The third-order valence-corrected chi connectivity index (χ3v) is 4.68. The molecule has 0 unspecified atom stereocenters. The molecular formula is C10H21N3O3S. The fraction of sp³-hybridized carbons (Fsp3) is 0.900. The van der Waals surface area contributed by atoms with Crippen LogP contribution in [0.1, 0.15) is 6.92 Å². The van der Waals surface area contributed by atoms with Crippen molar-refractivity contribution in [2.75, 3.05) is 52.6 Å². The normalized spacial score (nSPS) is 18.7. The minimum atomic E-state index is -3.11. The van der Waals surface area contributed by atoms with Gasteiger partial charge in [0.2, 0.25) is 15.9 Å². The summed E-state index contributed by atoms with van der Waals surface area (Å²) in [6, 6.07) is 0. The first-order valence-corrected chi connectivity index (χ1v) is 7.38. The first-order chi connectivity index (χ1) is 7.86. The van der Waals surface area contributed by atoms with Gasteiger partial charge in [-0.15, -0.1) is 0 Å². The second-order valence-electron chi connectivity index (χ2n) is 4.42. The maximum Gasteiger partial charge on any atom is 0.236 e. The minimum absolute atomic E-state index is 0.0588. The number of carbonyl (C=O) groups is 1. The Balaban J connectivity index is 2.49. The lowest BCUT2D eigenvalue weighted by molar-refractivity contribution is -0.133. The zero-order chi connectivity index (χ0) is 13.1. The van der Waals surface area contributed by atoms with Gasteiger partial charge in [0.1, 0.15) is 0 Å². The quantitative estimate of drug-likeness (QED) is 0.655. The highest BCUT2D eigenvalue weighted by molar-refractivity contribution is 7.89. The molecule has 100 valence electrons. The molecule has 1 aliphatic heterocycles. The fourth-order valence-electron chi connectivity index (χ4n) is 1.77. The molecule has 1 saturated heterocycles. The van der Waals surface area contributed by atoms with E-state index in [0.717, 1.165) is 0 Å². The van der Waals surface area contributed by atoms with E-state index in [1.165, 1.54) is 4.31 Å². The topological polar surface area (TPSA) is 60.9 Å². The maximum absolute atomic E-state index is 11.8. The molecule has 0 aromatic rings. The van der Waals surface area contributed by atoms with Crippen LogP contribution in [-0.4, -0.2) is 81.0 Å². The van der Waals surface area contributed by atoms with Crippen LogP contribution in [0.15, 0.2) is 0 Å². The molecule has 0 radical (unpaired) electrons. The van der Waals surface area contributed by atoms with Crippen molar-refractivity contribution in [1.29, 1.82) is 0 Å². The zero-order valence-corrected chi connectivity index (χ0v) is 11.5. The number of likely N-dealkylation sites (N-methyl/N-ethyl adjacent to an activating group) is 1. The number of hydrogen-bond acceptors (Lipinski definition) is 4. The number of amides is 1. The molecule has 0 aliphatic carbocycles. The summed E-state index contributed by atoms with van der Waals surface area (Å²) in [6.45, 7) is 3.82. The zero-order valence-electron chi connectivity index (χ0n) is 10.7. The third kappa shape index (κ3) is 3.93. The molecule has 1 fully saturated rings. The summed E-state index contributed by atoms with van der Waals surface area (Å²) in [4.78, 5) is 15.3. The van der Waals surface area contributed by atoms with Crippen LogP contribution in [-0.2, 0) is 14.8 Å². The summed E-state index contributed by atoms with van der Waals surface area (Å²) in [5, 5.41) is 0. The van der Waals surface area contributed by atoms with Gasteiger partial charge >= 0.3 is 0 Å². The third-order valence-electron chi connectivity index (χ3n) is 2.80. The number of sulfonamides is 1. The molecular weight excluding hydrogens is 242 g/mol. The van der Waals surface area contributed by atoms with Crippen molar-refractivity contribution < 1.29 is 13.2 Å². The molecule has 17 heavy (non-hydrogen) atoms. The van der Waals surface area contributed by atoms with Crippen molar-refractivity contribution >= 4 is 15.9 Å². The van der Waals surface area contributed by atoms with Gasteiger partial charge in [-0.2, -0.15) is 4.31 Å². The van der Waals surface area contributed by atoms with Crippen molar-refractivity contribution in [2.24, 2.45) is 0 Å². The van der Waals surface area contributed by atoms with E-state index in [1.54, 1.807) is 11.8 Å². The summed E-state index contributed by atoms with van der Waals surface area (Å²) in [5.41, 5.74) is 0. The van der Waals surface area contributed by atoms with Gasteiger partial charge < -0.3 is 9.80 Å². The molecule has 0 aromatic carbocycles. The van der Waals surface area contributed by atoms with Crippen molar-refractivity contribution in [1.82, 2.24) is 14.1 Å². The lowest BCUT2D eigenvalue weighted by atomic mass is 10.3. The number of rotatable bonds is 4. The van der Waals surface area contributed by atoms with Gasteiger partial charge in [-0.3, -0.25) is 4.79 Å². The summed E-state index contributed by atoms with van der Waals surface area (Å²) >= 11 is 0. The molecule has 1 heterocycles. The van der Waals surface area contributed by atoms with E-state index in [2.05, 4.69) is 0 Å². The fourth-order valence-corrected chi connectivity index (χ4v) is 2.85. The predicted octanol–water partition coefficient (Wildman–Crippen LogP) is -0.958. The Bertz CT molecular complexity index is 359. The van der Waals surface area contributed by atoms with E-state index in [0.29, 0.717) is 32.7 Å². The summed E-state index contributed by atoms with van der Waals surface area (Å²) in [5.74, 6) is 0.182. The van der Waals surface area contributed by atoms with Gasteiger partial charge in [-0.25, -0.2) is 8.42 Å². The number of piperazine rings is 1.